The molecule has 8 heteroatoms. The number of benzene rings is 1. The standard InChI is InChI=1S/C12H14F2N2O2S.ClH/c13-10-1-2-12(11(14)3-10)19(17,18)16-6-8-4-15-5-9(8)7-16;/h1-3,8-9,15H,4-7H2;1H/t8-,9+;. The summed E-state index contributed by atoms with van der Waals surface area (Å²) in [5.74, 6) is -1.23. The summed E-state index contributed by atoms with van der Waals surface area (Å²) in [5, 5.41) is 3.21. The SMILES string of the molecule is Cl.O=S(=O)(c1ccc(F)cc1F)N1C[C@H]2CNC[C@H]2C1. The number of hydrogen-bond acceptors (Lipinski definition) is 3. The molecular formula is C12H15ClF2N2O2S. The average Bonchev–Trinajstić information content (AvgIpc) is 2.87. The van der Waals surface area contributed by atoms with Crippen LogP contribution in [0.5, 0.6) is 0 Å². The van der Waals surface area contributed by atoms with Crippen LogP contribution in [-0.4, -0.2) is 38.9 Å². The van der Waals surface area contributed by atoms with Gasteiger partial charge in [-0.2, -0.15) is 4.31 Å². The molecule has 4 nitrogen and oxygen atoms in total. The monoisotopic (exact) mass is 324 g/mol. The first-order valence-corrected chi connectivity index (χ1v) is 7.58. The molecular weight excluding hydrogens is 310 g/mol. The third-order valence-corrected chi connectivity index (χ3v) is 5.73. The van der Waals surface area contributed by atoms with Gasteiger partial charge in [-0.1, -0.05) is 0 Å². The number of fused-ring (bicyclic) bond motifs is 1. The first-order valence-electron chi connectivity index (χ1n) is 6.14. The molecule has 0 aliphatic carbocycles. The fourth-order valence-electron chi connectivity index (χ4n) is 2.83. The third-order valence-electron chi connectivity index (χ3n) is 3.87. The molecule has 3 rings (SSSR count). The molecule has 2 saturated heterocycles. The first kappa shape index (κ1) is 15.6. The second-order valence-corrected chi connectivity index (χ2v) is 6.98. The van der Waals surface area contributed by atoms with E-state index in [4.69, 9.17) is 0 Å². The van der Waals surface area contributed by atoms with Crippen LogP contribution in [0.1, 0.15) is 0 Å². The van der Waals surface area contributed by atoms with Gasteiger partial charge in [-0.05, 0) is 37.1 Å². The molecule has 112 valence electrons. The van der Waals surface area contributed by atoms with Crippen LogP contribution in [0.2, 0.25) is 0 Å². The van der Waals surface area contributed by atoms with E-state index < -0.39 is 26.6 Å². The predicted molar refractivity (Wildman–Crippen MR) is 72.2 cm³/mol. The summed E-state index contributed by atoms with van der Waals surface area (Å²) < 4.78 is 52.5. The van der Waals surface area contributed by atoms with E-state index in [9.17, 15) is 17.2 Å². The lowest BCUT2D eigenvalue weighted by Crippen LogP contribution is -2.32. The van der Waals surface area contributed by atoms with Crippen LogP contribution in [0, 0.1) is 23.5 Å². The number of hydrogen-bond donors (Lipinski definition) is 1. The van der Waals surface area contributed by atoms with Crippen LogP contribution < -0.4 is 5.32 Å². The maximum Gasteiger partial charge on any atom is 0.246 e. The van der Waals surface area contributed by atoms with Crippen molar-refractivity contribution in [1.82, 2.24) is 9.62 Å². The maximum atomic E-state index is 13.6. The van der Waals surface area contributed by atoms with Gasteiger partial charge in [0.2, 0.25) is 10.0 Å². The Morgan fingerprint density at radius 3 is 2.30 bits per heavy atom. The Morgan fingerprint density at radius 1 is 1.15 bits per heavy atom. The van der Waals surface area contributed by atoms with Crippen molar-refractivity contribution in [2.75, 3.05) is 26.2 Å². The summed E-state index contributed by atoms with van der Waals surface area (Å²) in [5.41, 5.74) is 0. The largest absolute Gasteiger partial charge is 0.316 e. The van der Waals surface area contributed by atoms with E-state index in [0.717, 1.165) is 25.2 Å². The predicted octanol–water partition coefficient (Wildman–Crippen LogP) is 1.23. The molecule has 0 aromatic heterocycles. The second-order valence-electron chi connectivity index (χ2n) is 5.08. The van der Waals surface area contributed by atoms with Crippen molar-refractivity contribution in [2.45, 2.75) is 4.90 Å². The van der Waals surface area contributed by atoms with Gasteiger partial charge in [0.1, 0.15) is 16.5 Å². The highest BCUT2D eigenvalue weighted by Crippen LogP contribution is 2.31. The Balaban J connectivity index is 0.00000147. The smallest absolute Gasteiger partial charge is 0.246 e. The van der Waals surface area contributed by atoms with Crippen LogP contribution in [0.3, 0.4) is 0 Å². The Hall–Kier alpha value is -0.760. The molecule has 0 amide bonds. The Labute approximate surface area is 122 Å². The van der Waals surface area contributed by atoms with E-state index in [1.165, 1.54) is 4.31 Å². The Kier molecular flexibility index (Phi) is 4.34. The molecule has 2 aliphatic rings. The summed E-state index contributed by atoms with van der Waals surface area (Å²) in [4.78, 5) is -0.443. The van der Waals surface area contributed by atoms with E-state index in [0.29, 0.717) is 31.0 Å². The summed E-state index contributed by atoms with van der Waals surface area (Å²) in [7, 11) is -3.86. The molecule has 2 heterocycles. The van der Waals surface area contributed by atoms with Crippen LogP contribution in [0.15, 0.2) is 23.1 Å². The first-order chi connectivity index (χ1) is 8.98. The van der Waals surface area contributed by atoms with Gasteiger partial charge >= 0.3 is 0 Å². The lowest BCUT2D eigenvalue weighted by Gasteiger charge is -2.17. The topological polar surface area (TPSA) is 49.4 Å². The zero-order chi connectivity index (χ0) is 13.6. The van der Waals surface area contributed by atoms with E-state index in [2.05, 4.69) is 5.32 Å². The number of rotatable bonds is 2. The van der Waals surface area contributed by atoms with Crippen LogP contribution in [-0.2, 0) is 10.0 Å². The van der Waals surface area contributed by atoms with Gasteiger partial charge in [-0.3, -0.25) is 0 Å². The molecule has 1 aromatic carbocycles. The molecule has 1 aromatic rings. The minimum atomic E-state index is -3.86. The Morgan fingerprint density at radius 2 is 1.75 bits per heavy atom. The van der Waals surface area contributed by atoms with E-state index in [1.807, 2.05) is 0 Å². The van der Waals surface area contributed by atoms with Crippen molar-refractivity contribution in [3.63, 3.8) is 0 Å². The number of sulfonamides is 1. The van der Waals surface area contributed by atoms with Gasteiger partial charge < -0.3 is 5.32 Å². The van der Waals surface area contributed by atoms with Crippen molar-refractivity contribution in [1.29, 1.82) is 0 Å². The van der Waals surface area contributed by atoms with Crippen molar-refractivity contribution < 1.29 is 17.2 Å². The van der Waals surface area contributed by atoms with Crippen molar-refractivity contribution >= 4 is 22.4 Å². The molecule has 0 radical (unpaired) electrons. The van der Waals surface area contributed by atoms with Crippen LogP contribution in [0.4, 0.5) is 8.78 Å². The van der Waals surface area contributed by atoms with Gasteiger partial charge in [-0.25, -0.2) is 17.2 Å². The van der Waals surface area contributed by atoms with Crippen LogP contribution in [0.25, 0.3) is 0 Å². The molecule has 0 bridgehead atoms. The Bertz CT molecular complexity index is 599. The van der Waals surface area contributed by atoms with Gasteiger partial charge in [0.05, 0.1) is 0 Å². The van der Waals surface area contributed by atoms with Crippen molar-refractivity contribution in [3.05, 3.63) is 29.8 Å². The van der Waals surface area contributed by atoms with Crippen molar-refractivity contribution in [2.24, 2.45) is 11.8 Å². The highest BCUT2D eigenvalue weighted by molar-refractivity contribution is 7.89. The number of halogens is 3. The van der Waals surface area contributed by atoms with Gasteiger partial charge in [-0.15, -0.1) is 12.4 Å². The fourth-order valence-corrected chi connectivity index (χ4v) is 4.43. The lowest BCUT2D eigenvalue weighted by atomic mass is 10.0. The van der Waals surface area contributed by atoms with Crippen molar-refractivity contribution in [3.8, 4) is 0 Å². The minimum absolute atomic E-state index is 0. The highest BCUT2D eigenvalue weighted by atomic mass is 35.5. The molecule has 1 N–H and O–H groups in total. The molecule has 2 fully saturated rings. The average molecular weight is 325 g/mol. The number of nitrogens with zero attached hydrogens (tertiary/aromatic N) is 1. The van der Waals surface area contributed by atoms with E-state index >= 15 is 0 Å². The van der Waals surface area contributed by atoms with Gasteiger partial charge in [0.25, 0.3) is 0 Å². The third kappa shape index (κ3) is 2.55. The quantitative estimate of drug-likeness (QED) is 0.890. The molecule has 0 saturated carbocycles. The zero-order valence-corrected chi connectivity index (χ0v) is 12.2. The zero-order valence-electron chi connectivity index (χ0n) is 10.6. The minimum Gasteiger partial charge on any atom is -0.316 e. The number of nitrogens with one attached hydrogen (secondary N) is 1. The normalized spacial score (nSPS) is 26.3. The lowest BCUT2D eigenvalue weighted by molar-refractivity contribution is 0.442. The summed E-state index contributed by atoms with van der Waals surface area (Å²) in [6.07, 6.45) is 0. The second kappa shape index (κ2) is 5.55. The molecule has 0 spiro atoms. The molecule has 2 aliphatic heterocycles. The van der Waals surface area contributed by atoms with Gasteiger partial charge in [0, 0.05) is 19.2 Å². The van der Waals surface area contributed by atoms with Gasteiger partial charge in [0.15, 0.2) is 0 Å². The molecule has 2 atom stereocenters. The fraction of sp³-hybridized carbons (Fsp3) is 0.500. The van der Waals surface area contributed by atoms with E-state index in [1.54, 1.807) is 0 Å². The molecule has 20 heavy (non-hydrogen) atoms. The summed E-state index contributed by atoms with van der Waals surface area (Å²) >= 11 is 0. The maximum absolute atomic E-state index is 13.6. The van der Waals surface area contributed by atoms with E-state index in [-0.39, 0.29) is 12.4 Å². The van der Waals surface area contributed by atoms with Crippen LogP contribution >= 0.6 is 12.4 Å². The highest BCUT2D eigenvalue weighted by Gasteiger charge is 2.42. The summed E-state index contributed by atoms with van der Waals surface area (Å²) in [6.45, 7) is 2.39. The summed E-state index contributed by atoms with van der Waals surface area (Å²) in [6, 6.07) is 2.56. The molecule has 0 unspecified atom stereocenters.